The molecule has 0 aliphatic carbocycles. The molecule has 7 aromatic rings. The lowest BCUT2D eigenvalue weighted by molar-refractivity contribution is -0.633. The van der Waals surface area contributed by atoms with Crippen molar-refractivity contribution in [3.05, 3.63) is 102 Å². The average Bonchev–Trinajstić information content (AvgIpc) is 3.48. The monoisotopic (exact) mass is 524 g/mol. The van der Waals surface area contributed by atoms with Crippen LogP contribution in [-0.4, -0.2) is 9.55 Å². The third-order valence-electron chi connectivity index (χ3n) is 8.44. The summed E-state index contributed by atoms with van der Waals surface area (Å²) in [4.78, 5) is 4.41. The Hall–Kier alpha value is -4.44. The van der Waals surface area contributed by atoms with E-state index in [9.17, 15) is 0 Å². The number of aromatic nitrogens is 3. The maximum Gasteiger partial charge on any atom is 0.299 e. The molecule has 0 amide bonds. The van der Waals surface area contributed by atoms with Crippen LogP contribution in [0.4, 0.5) is 0 Å². The fraction of sp³-hybridized carbons (Fsp3) is 0.222. The van der Waals surface area contributed by atoms with Crippen molar-refractivity contribution in [2.24, 2.45) is 7.05 Å². The Morgan fingerprint density at radius 3 is 2.20 bits per heavy atom. The van der Waals surface area contributed by atoms with Gasteiger partial charge < -0.3 is 4.42 Å². The molecule has 0 radical (unpaired) electrons. The van der Waals surface area contributed by atoms with Gasteiger partial charge in [-0.25, -0.2) is 4.57 Å². The van der Waals surface area contributed by atoms with Gasteiger partial charge >= 0.3 is 0 Å². The molecule has 0 saturated heterocycles. The van der Waals surface area contributed by atoms with Crippen LogP contribution in [0, 0.1) is 6.92 Å². The van der Waals surface area contributed by atoms with Crippen LogP contribution in [0.3, 0.4) is 0 Å². The number of furan rings is 1. The lowest BCUT2D eigenvalue weighted by atomic mass is 9.92. The van der Waals surface area contributed by atoms with Gasteiger partial charge in [-0.2, -0.15) is 4.57 Å². The molecule has 0 fully saturated rings. The van der Waals surface area contributed by atoms with E-state index in [1.54, 1.807) is 0 Å². The van der Waals surface area contributed by atoms with E-state index in [0.29, 0.717) is 11.8 Å². The molecule has 0 saturated carbocycles. The minimum atomic E-state index is 0.370. The summed E-state index contributed by atoms with van der Waals surface area (Å²) in [6.45, 7) is 11.4. The van der Waals surface area contributed by atoms with Crippen molar-refractivity contribution in [1.29, 1.82) is 0 Å². The molecule has 40 heavy (non-hydrogen) atoms. The highest BCUT2D eigenvalue weighted by molar-refractivity contribution is 6.17. The van der Waals surface area contributed by atoms with Gasteiger partial charge in [0.1, 0.15) is 16.8 Å². The summed E-state index contributed by atoms with van der Waals surface area (Å²) >= 11 is 0. The Labute approximate surface area is 234 Å². The van der Waals surface area contributed by atoms with E-state index < -0.39 is 0 Å². The normalized spacial score (nSPS) is 12.2. The fourth-order valence-electron chi connectivity index (χ4n) is 6.43. The molecule has 0 aliphatic rings. The summed E-state index contributed by atoms with van der Waals surface area (Å²) in [5, 5.41) is 4.41. The van der Waals surface area contributed by atoms with Crippen LogP contribution in [-0.2, 0) is 7.05 Å². The standard InChI is InChI=1S/C36H34N3O/c1-21(2)25-10-9-11-26(22(3)4)33(25)39-31-13-8-7-12-30(31)38(6)36(39)32-23(5)14-16-28-27-17-15-24-18-19-37-20-29(24)34(27)40-35(28)32/h7-22H,1-6H3/q+1. The highest BCUT2D eigenvalue weighted by Gasteiger charge is 2.33. The molecule has 0 bridgehead atoms. The minimum absolute atomic E-state index is 0.370. The summed E-state index contributed by atoms with van der Waals surface area (Å²) in [6, 6.07) is 26.4. The Morgan fingerprint density at radius 1 is 0.750 bits per heavy atom. The summed E-state index contributed by atoms with van der Waals surface area (Å²) in [5.74, 6) is 1.87. The van der Waals surface area contributed by atoms with Crippen LogP contribution in [0.2, 0.25) is 0 Å². The van der Waals surface area contributed by atoms with Gasteiger partial charge in [-0.1, -0.05) is 76.2 Å². The molecule has 7 rings (SSSR count). The number of fused-ring (bicyclic) bond motifs is 6. The Morgan fingerprint density at radius 2 is 1.45 bits per heavy atom. The molecule has 4 nitrogen and oxygen atoms in total. The minimum Gasteiger partial charge on any atom is -0.454 e. The molecule has 0 unspecified atom stereocenters. The van der Waals surface area contributed by atoms with Crippen molar-refractivity contribution < 1.29 is 8.98 Å². The molecule has 4 aromatic carbocycles. The van der Waals surface area contributed by atoms with Gasteiger partial charge in [0.05, 0.1) is 7.05 Å². The van der Waals surface area contributed by atoms with E-state index in [4.69, 9.17) is 4.42 Å². The summed E-state index contributed by atoms with van der Waals surface area (Å²) in [7, 11) is 2.18. The van der Waals surface area contributed by atoms with E-state index in [1.165, 1.54) is 33.4 Å². The van der Waals surface area contributed by atoms with Crippen LogP contribution in [0.5, 0.6) is 0 Å². The second kappa shape index (κ2) is 9.06. The fourth-order valence-corrected chi connectivity index (χ4v) is 6.43. The number of hydrogen-bond donors (Lipinski definition) is 0. The molecule has 3 aromatic heterocycles. The number of rotatable bonds is 4. The van der Waals surface area contributed by atoms with E-state index in [0.717, 1.165) is 44.1 Å². The summed E-state index contributed by atoms with van der Waals surface area (Å²) in [5.41, 5.74) is 10.5. The van der Waals surface area contributed by atoms with Gasteiger partial charge in [0.2, 0.25) is 0 Å². The molecule has 0 N–H and O–H groups in total. The van der Waals surface area contributed by atoms with Crippen molar-refractivity contribution in [3.63, 3.8) is 0 Å². The van der Waals surface area contributed by atoms with Crippen molar-refractivity contribution in [3.8, 4) is 17.1 Å². The number of aryl methyl sites for hydroxylation is 2. The van der Waals surface area contributed by atoms with Crippen LogP contribution in [0.25, 0.3) is 60.8 Å². The zero-order valence-electron chi connectivity index (χ0n) is 24.0. The van der Waals surface area contributed by atoms with Crippen molar-refractivity contribution in [2.75, 3.05) is 0 Å². The largest absolute Gasteiger partial charge is 0.454 e. The van der Waals surface area contributed by atoms with Crippen LogP contribution < -0.4 is 4.57 Å². The highest BCUT2D eigenvalue weighted by atomic mass is 16.3. The Bertz CT molecular complexity index is 2070. The van der Waals surface area contributed by atoms with Crippen molar-refractivity contribution >= 4 is 43.7 Å². The molecule has 0 atom stereocenters. The summed E-state index contributed by atoms with van der Waals surface area (Å²) in [6.07, 6.45) is 3.75. The Balaban J connectivity index is 1.68. The molecule has 198 valence electrons. The number of pyridine rings is 1. The topological polar surface area (TPSA) is 34.8 Å². The van der Waals surface area contributed by atoms with Gasteiger partial charge in [0.25, 0.3) is 5.82 Å². The third kappa shape index (κ3) is 3.45. The smallest absolute Gasteiger partial charge is 0.299 e. The number of benzene rings is 4. The molecule has 0 spiro atoms. The lowest BCUT2D eigenvalue weighted by Gasteiger charge is -2.18. The summed E-state index contributed by atoms with van der Waals surface area (Å²) < 4.78 is 11.7. The number of hydrogen-bond acceptors (Lipinski definition) is 2. The maximum absolute atomic E-state index is 6.86. The first-order valence-electron chi connectivity index (χ1n) is 14.2. The Kier molecular flexibility index (Phi) is 5.57. The average molecular weight is 525 g/mol. The van der Waals surface area contributed by atoms with E-state index in [-0.39, 0.29) is 0 Å². The first kappa shape index (κ1) is 24.6. The molecule has 4 heteroatoms. The second-order valence-electron chi connectivity index (χ2n) is 11.6. The predicted octanol–water partition coefficient (Wildman–Crippen LogP) is 9.12. The van der Waals surface area contributed by atoms with Crippen LogP contribution in [0.15, 0.2) is 89.6 Å². The SMILES string of the molecule is Cc1ccc2c(oc3c4cnccc4ccc23)c1-c1n(-c2c(C(C)C)cccc2C(C)C)c2ccccc2[n+]1C. The van der Waals surface area contributed by atoms with Gasteiger partial charge in [-0.05, 0) is 54.0 Å². The highest BCUT2D eigenvalue weighted by Crippen LogP contribution is 2.42. The number of imidazole rings is 1. The molecular formula is C36H34N3O+. The van der Waals surface area contributed by atoms with E-state index in [2.05, 4.69) is 123 Å². The van der Waals surface area contributed by atoms with Crippen molar-refractivity contribution in [2.45, 2.75) is 46.5 Å². The number of para-hydroxylation sites is 3. The van der Waals surface area contributed by atoms with Crippen LogP contribution >= 0.6 is 0 Å². The molecule has 3 heterocycles. The molecular weight excluding hydrogens is 490 g/mol. The lowest BCUT2D eigenvalue weighted by Crippen LogP contribution is -2.30. The van der Waals surface area contributed by atoms with Gasteiger partial charge in [0.15, 0.2) is 16.6 Å². The number of nitrogens with zero attached hydrogens (tertiary/aromatic N) is 3. The second-order valence-corrected chi connectivity index (χ2v) is 11.6. The third-order valence-corrected chi connectivity index (χ3v) is 8.44. The first-order chi connectivity index (χ1) is 19.4. The van der Waals surface area contributed by atoms with Gasteiger partial charge in [0, 0.05) is 39.7 Å². The van der Waals surface area contributed by atoms with E-state index >= 15 is 0 Å². The quantitative estimate of drug-likeness (QED) is 0.215. The van der Waals surface area contributed by atoms with E-state index in [1.807, 2.05) is 18.5 Å². The zero-order chi connectivity index (χ0) is 27.7. The first-order valence-corrected chi connectivity index (χ1v) is 14.2. The molecule has 0 aliphatic heterocycles. The van der Waals surface area contributed by atoms with Crippen molar-refractivity contribution in [1.82, 2.24) is 9.55 Å². The van der Waals surface area contributed by atoms with Crippen LogP contribution in [0.1, 0.15) is 56.2 Å². The maximum atomic E-state index is 6.86. The van der Waals surface area contributed by atoms with Gasteiger partial charge in [-0.15, -0.1) is 0 Å². The zero-order valence-corrected chi connectivity index (χ0v) is 24.0. The van der Waals surface area contributed by atoms with Gasteiger partial charge in [-0.3, -0.25) is 4.98 Å². The predicted molar refractivity (Wildman–Crippen MR) is 165 cm³/mol.